The highest BCUT2D eigenvalue weighted by Crippen LogP contribution is 2.28. The maximum atomic E-state index is 5.85. The molecule has 1 N–H and O–H groups in total. The number of rotatable bonds is 8. The highest BCUT2D eigenvalue weighted by molar-refractivity contribution is 7.15. The predicted octanol–water partition coefficient (Wildman–Crippen LogP) is 5.27. The summed E-state index contributed by atoms with van der Waals surface area (Å²) in [7, 11) is 0. The third-order valence-corrected chi connectivity index (χ3v) is 5.14. The molecule has 27 heavy (non-hydrogen) atoms. The Bertz CT molecular complexity index is 948. The summed E-state index contributed by atoms with van der Waals surface area (Å²) in [6.07, 6.45) is 3.61. The van der Waals surface area contributed by atoms with E-state index in [9.17, 15) is 0 Å². The molecule has 4 nitrogen and oxygen atoms in total. The summed E-state index contributed by atoms with van der Waals surface area (Å²) in [4.78, 5) is 5.66. The zero-order chi connectivity index (χ0) is 18.3. The Labute approximate surface area is 162 Å². The molecule has 4 aromatic rings. The number of ether oxygens (including phenoxy) is 1. The van der Waals surface area contributed by atoms with Crippen molar-refractivity contribution in [1.29, 1.82) is 0 Å². The number of nitrogens with one attached hydrogen (secondary N) is 1. The monoisotopic (exact) mass is 376 g/mol. The van der Waals surface area contributed by atoms with E-state index in [-0.39, 0.29) is 0 Å². The largest absolute Gasteiger partial charge is 0.489 e. The van der Waals surface area contributed by atoms with Crippen molar-refractivity contribution in [3.63, 3.8) is 0 Å². The SMILES string of the molecule is c1ccc(COc2ccc(-c3cnc(CNCc4ccco4)s3)cc2)cc1. The van der Waals surface area contributed by atoms with Crippen LogP contribution in [0.4, 0.5) is 0 Å². The second kappa shape index (κ2) is 8.66. The minimum atomic E-state index is 0.576. The normalized spacial score (nSPS) is 10.8. The molecule has 4 rings (SSSR count). The zero-order valence-corrected chi connectivity index (χ0v) is 15.6. The van der Waals surface area contributed by atoms with Crippen LogP contribution in [0.5, 0.6) is 5.75 Å². The Kier molecular flexibility index (Phi) is 5.62. The van der Waals surface area contributed by atoms with Crippen LogP contribution in [-0.2, 0) is 19.7 Å². The number of hydrogen-bond donors (Lipinski definition) is 1. The van der Waals surface area contributed by atoms with Gasteiger partial charge in [0.25, 0.3) is 0 Å². The molecule has 0 saturated carbocycles. The molecule has 0 aliphatic heterocycles. The van der Waals surface area contributed by atoms with E-state index >= 15 is 0 Å². The fourth-order valence-electron chi connectivity index (χ4n) is 2.69. The lowest BCUT2D eigenvalue weighted by Crippen LogP contribution is -2.11. The van der Waals surface area contributed by atoms with Crippen LogP contribution in [-0.4, -0.2) is 4.98 Å². The van der Waals surface area contributed by atoms with Crippen LogP contribution in [0.25, 0.3) is 10.4 Å². The van der Waals surface area contributed by atoms with Crippen LogP contribution in [0.1, 0.15) is 16.3 Å². The highest BCUT2D eigenvalue weighted by atomic mass is 32.1. The quantitative estimate of drug-likeness (QED) is 0.455. The molecule has 0 bridgehead atoms. The summed E-state index contributed by atoms with van der Waals surface area (Å²) in [5.41, 5.74) is 2.31. The van der Waals surface area contributed by atoms with Crippen molar-refractivity contribution < 1.29 is 9.15 Å². The Morgan fingerprint density at radius 2 is 1.78 bits per heavy atom. The molecular formula is C22H20N2O2S. The summed E-state index contributed by atoms with van der Waals surface area (Å²) in [6, 6.07) is 22.2. The van der Waals surface area contributed by atoms with Gasteiger partial charge in [0.05, 0.1) is 17.7 Å². The van der Waals surface area contributed by atoms with Gasteiger partial charge < -0.3 is 14.5 Å². The fraction of sp³-hybridized carbons (Fsp3) is 0.136. The van der Waals surface area contributed by atoms with Gasteiger partial charge in [-0.1, -0.05) is 30.3 Å². The zero-order valence-electron chi connectivity index (χ0n) is 14.8. The summed E-state index contributed by atoms with van der Waals surface area (Å²) in [6.45, 7) is 2.01. The second-order valence-electron chi connectivity index (χ2n) is 6.10. The number of benzene rings is 2. The average Bonchev–Trinajstić information content (AvgIpc) is 3.40. The fourth-order valence-corrected chi connectivity index (χ4v) is 3.58. The molecule has 0 radical (unpaired) electrons. The van der Waals surface area contributed by atoms with Crippen LogP contribution >= 0.6 is 11.3 Å². The van der Waals surface area contributed by atoms with Crippen LogP contribution in [0.15, 0.2) is 83.6 Å². The molecule has 2 aromatic heterocycles. The summed E-state index contributed by atoms with van der Waals surface area (Å²) in [5, 5.41) is 4.40. The van der Waals surface area contributed by atoms with E-state index in [1.807, 2.05) is 48.7 Å². The van der Waals surface area contributed by atoms with Gasteiger partial charge in [-0.25, -0.2) is 4.98 Å². The first kappa shape index (κ1) is 17.5. The minimum Gasteiger partial charge on any atom is -0.489 e. The average molecular weight is 376 g/mol. The molecule has 0 spiro atoms. The maximum absolute atomic E-state index is 5.85. The maximum Gasteiger partial charge on any atom is 0.119 e. The van der Waals surface area contributed by atoms with Crippen molar-refractivity contribution in [3.05, 3.63) is 95.5 Å². The van der Waals surface area contributed by atoms with Crippen LogP contribution in [0, 0.1) is 0 Å². The van der Waals surface area contributed by atoms with Crippen molar-refractivity contribution in [2.45, 2.75) is 19.7 Å². The van der Waals surface area contributed by atoms with E-state index in [4.69, 9.17) is 9.15 Å². The topological polar surface area (TPSA) is 47.3 Å². The van der Waals surface area contributed by atoms with Crippen LogP contribution < -0.4 is 10.1 Å². The van der Waals surface area contributed by atoms with Gasteiger partial charge in [-0.2, -0.15) is 0 Å². The third-order valence-electron chi connectivity index (χ3n) is 4.10. The molecule has 2 aromatic carbocycles. The number of nitrogens with zero attached hydrogens (tertiary/aromatic N) is 1. The molecule has 0 saturated heterocycles. The van der Waals surface area contributed by atoms with Crippen LogP contribution in [0.2, 0.25) is 0 Å². The van der Waals surface area contributed by atoms with E-state index in [0.29, 0.717) is 13.2 Å². The lowest BCUT2D eigenvalue weighted by atomic mass is 10.2. The minimum absolute atomic E-state index is 0.576. The number of hydrogen-bond acceptors (Lipinski definition) is 5. The molecule has 136 valence electrons. The Morgan fingerprint density at radius 3 is 2.56 bits per heavy atom. The van der Waals surface area contributed by atoms with Crippen molar-refractivity contribution in [2.24, 2.45) is 0 Å². The Hall–Kier alpha value is -2.89. The summed E-state index contributed by atoms with van der Waals surface area (Å²) < 4.78 is 11.2. The number of thiazole rings is 1. The number of furan rings is 1. The molecule has 0 aliphatic rings. The van der Waals surface area contributed by atoms with Gasteiger partial charge in [0, 0.05) is 12.7 Å². The third kappa shape index (κ3) is 4.84. The van der Waals surface area contributed by atoms with Gasteiger partial charge in [-0.3, -0.25) is 0 Å². The van der Waals surface area contributed by atoms with Crippen molar-refractivity contribution in [1.82, 2.24) is 10.3 Å². The van der Waals surface area contributed by atoms with Gasteiger partial charge in [-0.15, -0.1) is 11.3 Å². The predicted molar refractivity (Wildman–Crippen MR) is 108 cm³/mol. The molecule has 0 atom stereocenters. The van der Waals surface area contributed by atoms with Crippen molar-refractivity contribution >= 4 is 11.3 Å². The second-order valence-corrected chi connectivity index (χ2v) is 7.22. The van der Waals surface area contributed by atoms with Crippen molar-refractivity contribution in [3.8, 4) is 16.2 Å². The van der Waals surface area contributed by atoms with Crippen molar-refractivity contribution in [2.75, 3.05) is 0 Å². The molecule has 0 aliphatic carbocycles. The van der Waals surface area contributed by atoms with Crippen LogP contribution in [0.3, 0.4) is 0 Å². The van der Waals surface area contributed by atoms with E-state index < -0.39 is 0 Å². The molecular weight excluding hydrogens is 356 g/mol. The van der Waals surface area contributed by atoms with E-state index in [1.165, 1.54) is 0 Å². The smallest absolute Gasteiger partial charge is 0.119 e. The molecule has 0 amide bonds. The first-order valence-electron chi connectivity index (χ1n) is 8.82. The lowest BCUT2D eigenvalue weighted by Gasteiger charge is -2.06. The van der Waals surface area contributed by atoms with Gasteiger partial charge >= 0.3 is 0 Å². The highest BCUT2D eigenvalue weighted by Gasteiger charge is 2.06. The summed E-state index contributed by atoms with van der Waals surface area (Å²) >= 11 is 1.69. The number of aromatic nitrogens is 1. The first-order chi connectivity index (χ1) is 13.4. The van der Waals surface area contributed by atoms with Gasteiger partial charge in [0.2, 0.25) is 0 Å². The molecule has 0 unspecified atom stereocenters. The lowest BCUT2D eigenvalue weighted by molar-refractivity contribution is 0.306. The Balaban J connectivity index is 1.31. The standard InChI is InChI=1S/C22H20N2O2S/c1-2-5-17(6-3-1)16-26-19-10-8-18(9-11-19)21-14-24-22(27-21)15-23-13-20-7-4-12-25-20/h1-12,14,23H,13,15-16H2. The van der Waals surface area contributed by atoms with E-state index in [1.54, 1.807) is 17.6 Å². The Morgan fingerprint density at radius 1 is 0.926 bits per heavy atom. The van der Waals surface area contributed by atoms with Gasteiger partial charge in [-0.05, 0) is 47.5 Å². The molecule has 0 fully saturated rings. The molecule has 2 heterocycles. The van der Waals surface area contributed by atoms with Gasteiger partial charge in [0.1, 0.15) is 23.1 Å². The summed E-state index contributed by atoms with van der Waals surface area (Å²) in [5.74, 6) is 1.80. The van der Waals surface area contributed by atoms with E-state index in [0.717, 1.165) is 39.1 Å². The van der Waals surface area contributed by atoms with Gasteiger partial charge in [0.15, 0.2) is 0 Å². The molecule has 5 heteroatoms. The van der Waals surface area contributed by atoms with E-state index in [2.05, 4.69) is 34.6 Å². The first-order valence-corrected chi connectivity index (χ1v) is 9.63.